The maximum atomic E-state index is 10.5. The lowest BCUT2D eigenvalue weighted by molar-refractivity contribution is 0.414. The summed E-state index contributed by atoms with van der Waals surface area (Å²) < 4.78 is 0.942. The summed E-state index contributed by atoms with van der Waals surface area (Å²) in [4.78, 5) is 6.85. The predicted molar refractivity (Wildman–Crippen MR) is 109 cm³/mol. The monoisotopic (exact) mass is 393 g/mol. The summed E-state index contributed by atoms with van der Waals surface area (Å²) >= 11 is 1.56. The molecule has 1 atom stereocenters. The van der Waals surface area contributed by atoms with Crippen molar-refractivity contribution < 1.29 is 5.11 Å². The van der Waals surface area contributed by atoms with Crippen molar-refractivity contribution in [1.29, 1.82) is 0 Å². The van der Waals surface area contributed by atoms with E-state index in [0.717, 1.165) is 40.5 Å². The summed E-state index contributed by atoms with van der Waals surface area (Å²) in [5, 5.41) is 30.1. The van der Waals surface area contributed by atoms with Gasteiger partial charge in [0.1, 0.15) is 5.75 Å². The summed E-state index contributed by atoms with van der Waals surface area (Å²) in [6, 6.07) is 7.84. The molecule has 0 amide bonds. The van der Waals surface area contributed by atoms with E-state index in [4.69, 9.17) is 0 Å². The van der Waals surface area contributed by atoms with E-state index in [1.807, 2.05) is 18.2 Å². The van der Waals surface area contributed by atoms with Crippen LogP contribution < -0.4 is 5.32 Å². The van der Waals surface area contributed by atoms with Gasteiger partial charge in [-0.2, -0.15) is 10.1 Å². The molecule has 3 aromatic heterocycles. The number of likely N-dealkylation sites (tertiary alicyclic amines) is 1. The van der Waals surface area contributed by atoms with E-state index >= 15 is 0 Å². The van der Waals surface area contributed by atoms with Gasteiger partial charge in [-0.3, -0.25) is 5.10 Å². The van der Waals surface area contributed by atoms with Gasteiger partial charge in [-0.1, -0.05) is 17.4 Å². The molecular formula is C19H19N7OS. The number of fused-ring (bicyclic) bond motifs is 1. The Kier molecular flexibility index (Phi) is 4.18. The number of aromatic amines is 1. The highest BCUT2D eigenvalue weighted by Crippen LogP contribution is 2.34. The third-order valence-electron chi connectivity index (χ3n) is 4.98. The molecule has 9 heteroatoms. The van der Waals surface area contributed by atoms with Crippen LogP contribution in [0.5, 0.6) is 5.75 Å². The maximum absolute atomic E-state index is 10.5. The molecule has 0 radical (unpaired) electrons. The second-order valence-electron chi connectivity index (χ2n) is 7.05. The predicted octanol–water partition coefficient (Wildman–Crippen LogP) is 2.97. The number of anilines is 1. The van der Waals surface area contributed by atoms with E-state index in [2.05, 4.69) is 42.6 Å². The summed E-state index contributed by atoms with van der Waals surface area (Å²) in [6.07, 6.45) is 4.61. The first kappa shape index (κ1) is 17.1. The highest BCUT2D eigenvalue weighted by molar-refractivity contribution is 7.22. The number of thiazole rings is 1. The Morgan fingerprint density at radius 3 is 2.93 bits per heavy atom. The first-order chi connectivity index (χ1) is 13.7. The molecule has 1 aliphatic rings. The molecule has 0 saturated carbocycles. The molecule has 1 aromatic carbocycles. The molecule has 3 N–H and O–H groups in total. The Balaban J connectivity index is 1.43. The molecule has 1 fully saturated rings. The summed E-state index contributed by atoms with van der Waals surface area (Å²) in [5.41, 5.74) is 3.69. The van der Waals surface area contributed by atoms with Crippen molar-refractivity contribution in [1.82, 2.24) is 30.3 Å². The van der Waals surface area contributed by atoms with Crippen molar-refractivity contribution >= 4 is 26.8 Å². The van der Waals surface area contributed by atoms with E-state index in [9.17, 15) is 5.11 Å². The molecule has 0 bridgehead atoms. The first-order valence-electron chi connectivity index (χ1n) is 9.07. The van der Waals surface area contributed by atoms with Crippen molar-refractivity contribution in [2.24, 2.45) is 0 Å². The van der Waals surface area contributed by atoms with Gasteiger partial charge in [0.2, 0.25) is 0 Å². The normalized spacial score (nSPS) is 17.4. The quantitative estimate of drug-likeness (QED) is 0.490. The number of aromatic hydroxyl groups is 1. The van der Waals surface area contributed by atoms with E-state index in [0.29, 0.717) is 22.9 Å². The summed E-state index contributed by atoms with van der Waals surface area (Å²) in [7, 11) is 2.13. The fourth-order valence-electron chi connectivity index (χ4n) is 3.50. The number of likely N-dealkylation sites (N-methyl/N-ethyl adjacent to an activating group) is 1. The maximum Gasteiger partial charge on any atom is 0.194 e. The zero-order valence-electron chi connectivity index (χ0n) is 15.3. The van der Waals surface area contributed by atoms with E-state index in [1.54, 1.807) is 29.8 Å². The van der Waals surface area contributed by atoms with Gasteiger partial charge < -0.3 is 15.3 Å². The Labute approximate surface area is 165 Å². The number of phenolic OH excluding ortho intramolecular Hbond substituents is 1. The van der Waals surface area contributed by atoms with Crippen LogP contribution in [0.4, 0.5) is 5.13 Å². The number of hydrogen-bond donors (Lipinski definition) is 3. The second kappa shape index (κ2) is 6.84. The van der Waals surface area contributed by atoms with Crippen LogP contribution in [0.3, 0.4) is 0 Å². The van der Waals surface area contributed by atoms with Crippen LogP contribution in [0.2, 0.25) is 0 Å². The van der Waals surface area contributed by atoms with Crippen LogP contribution in [-0.2, 0) is 0 Å². The van der Waals surface area contributed by atoms with Crippen molar-refractivity contribution in [3.05, 3.63) is 36.7 Å². The molecule has 1 saturated heterocycles. The average Bonchev–Trinajstić information content (AvgIpc) is 3.42. The highest BCUT2D eigenvalue weighted by Gasteiger charge is 2.20. The van der Waals surface area contributed by atoms with Crippen molar-refractivity contribution in [3.63, 3.8) is 0 Å². The fourth-order valence-corrected chi connectivity index (χ4v) is 4.42. The number of nitrogens with zero attached hydrogens (tertiary/aromatic N) is 5. The minimum atomic E-state index is 0.157. The molecular weight excluding hydrogens is 374 g/mol. The van der Waals surface area contributed by atoms with Crippen LogP contribution in [0.1, 0.15) is 6.42 Å². The number of hydrogen-bond acceptors (Lipinski definition) is 8. The van der Waals surface area contributed by atoms with E-state index in [1.165, 1.54) is 0 Å². The van der Waals surface area contributed by atoms with Crippen molar-refractivity contribution in [2.75, 3.05) is 25.5 Å². The van der Waals surface area contributed by atoms with Gasteiger partial charge in [0, 0.05) is 29.9 Å². The van der Waals surface area contributed by atoms with Gasteiger partial charge in [0.25, 0.3) is 0 Å². The molecule has 0 aliphatic carbocycles. The zero-order chi connectivity index (χ0) is 19.1. The van der Waals surface area contributed by atoms with Crippen molar-refractivity contribution in [2.45, 2.75) is 12.5 Å². The number of nitrogens with one attached hydrogen (secondary N) is 2. The third kappa shape index (κ3) is 3.19. The number of benzene rings is 1. The standard InChI is InChI=1S/C19H19N7OS/c1-26-5-4-13(10-26)22-19-23-18-17(28-19)7-15(24-25-18)14-3-2-11(6-16(14)27)12-8-20-21-9-12/h2-3,6-9,13,27H,4-5,10H2,1H3,(H,20,21)(H,22,23,25). The topological polar surface area (TPSA) is 103 Å². The Morgan fingerprint density at radius 2 is 2.18 bits per heavy atom. The van der Waals surface area contributed by atoms with Gasteiger partial charge >= 0.3 is 0 Å². The van der Waals surface area contributed by atoms with Crippen molar-refractivity contribution in [3.8, 4) is 28.1 Å². The Morgan fingerprint density at radius 1 is 1.25 bits per heavy atom. The molecule has 0 spiro atoms. The number of H-pyrrole nitrogens is 1. The minimum Gasteiger partial charge on any atom is -0.507 e. The van der Waals surface area contributed by atoms with Gasteiger partial charge in [0.05, 0.1) is 16.6 Å². The van der Waals surface area contributed by atoms with Crippen LogP contribution >= 0.6 is 11.3 Å². The van der Waals surface area contributed by atoms with Crippen LogP contribution in [0.15, 0.2) is 36.7 Å². The Bertz CT molecular complexity index is 1120. The highest BCUT2D eigenvalue weighted by atomic mass is 32.1. The smallest absolute Gasteiger partial charge is 0.194 e. The molecule has 1 unspecified atom stereocenters. The fraction of sp³-hybridized carbons (Fsp3) is 0.263. The minimum absolute atomic E-state index is 0.157. The SMILES string of the molecule is CN1CCC(Nc2nc3nnc(-c4ccc(-c5cn[nH]c5)cc4O)cc3s2)C1. The lowest BCUT2D eigenvalue weighted by Crippen LogP contribution is -2.23. The molecule has 28 heavy (non-hydrogen) atoms. The molecule has 8 nitrogen and oxygen atoms in total. The molecule has 4 aromatic rings. The number of aromatic nitrogens is 5. The number of phenols is 1. The van der Waals surface area contributed by atoms with Crippen LogP contribution in [0.25, 0.3) is 32.7 Å². The zero-order valence-corrected chi connectivity index (χ0v) is 16.1. The molecule has 142 valence electrons. The van der Waals surface area contributed by atoms with Gasteiger partial charge in [0.15, 0.2) is 10.8 Å². The van der Waals surface area contributed by atoms with E-state index < -0.39 is 0 Å². The largest absolute Gasteiger partial charge is 0.507 e. The lowest BCUT2D eigenvalue weighted by Gasteiger charge is -2.10. The van der Waals surface area contributed by atoms with Crippen LogP contribution in [-0.4, -0.2) is 61.6 Å². The lowest BCUT2D eigenvalue weighted by atomic mass is 10.0. The van der Waals surface area contributed by atoms with Crippen LogP contribution in [0, 0.1) is 0 Å². The van der Waals surface area contributed by atoms with Gasteiger partial charge in [-0.15, -0.1) is 10.2 Å². The van der Waals surface area contributed by atoms with Gasteiger partial charge in [-0.05, 0) is 43.8 Å². The number of rotatable bonds is 4. The first-order valence-corrected chi connectivity index (χ1v) is 9.89. The Hall–Kier alpha value is -3.04. The molecule has 4 heterocycles. The average molecular weight is 393 g/mol. The third-order valence-corrected chi connectivity index (χ3v) is 5.90. The second-order valence-corrected chi connectivity index (χ2v) is 8.08. The summed E-state index contributed by atoms with van der Waals surface area (Å²) in [6.45, 7) is 2.12. The summed E-state index contributed by atoms with van der Waals surface area (Å²) in [5.74, 6) is 0.157. The van der Waals surface area contributed by atoms with Gasteiger partial charge in [-0.25, -0.2) is 0 Å². The van der Waals surface area contributed by atoms with E-state index in [-0.39, 0.29) is 5.75 Å². The molecule has 5 rings (SSSR count). The molecule has 1 aliphatic heterocycles.